The Hall–Kier alpha value is -3.42. The van der Waals surface area contributed by atoms with Crippen LogP contribution in [0.5, 0.6) is 5.75 Å². The minimum absolute atomic E-state index is 0.135. The highest BCUT2D eigenvalue weighted by Crippen LogP contribution is 2.41. The number of rotatable bonds is 10. The second-order valence-corrected chi connectivity index (χ2v) is 9.82. The second-order valence-electron chi connectivity index (χ2n) is 8.84. The van der Waals surface area contributed by atoms with Crippen molar-refractivity contribution in [3.63, 3.8) is 0 Å². The van der Waals surface area contributed by atoms with Crippen molar-refractivity contribution >= 4 is 28.8 Å². The number of aryl methyl sites for hydroxylation is 1. The zero-order valence-corrected chi connectivity index (χ0v) is 21.8. The molecule has 188 valence electrons. The van der Waals surface area contributed by atoms with Crippen molar-refractivity contribution in [3.05, 3.63) is 93.2 Å². The third-order valence-electron chi connectivity index (χ3n) is 6.52. The van der Waals surface area contributed by atoms with Crippen LogP contribution in [0.25, 0.3) is 5.76 Å². The smallest absolute Gasteiger partial charge is 0.295 e. The molecule has 6 nitrogen and oxygen atoms in total. The molecule has 1 aromatic heterocycles. The Morgan fingerprint density at radius 3 is 2.44 bits per heavy atom. The van der Waals surface area contributed by atoms with Gasteiger partial charge in [0, 0.05) is 23.5 Å². The number of ketones is 1. The van der Waals surface area contributed by atoms with Gasteiger partial charge < -0.3 is 19.6 Å². The average Bonchev–Trinajstić information content (AvgIpc) is 3.50. The van der Waals surface area contributed by atoms with E-state index < -0.39 is 17.7 Å². The van der Waals surface area contributed by atoms with Crippen LogP contribution in [-0.2, 0) is 16.2 Å². The molecule has 0 spiro atoms. The summed E-state index contributed by atoms with van der Waals surface area (Å²) in [5.41, 5.74) is 2.85. The van der Waals surface area contributed by atoms with Crippen LogP contribution in [0.3, 0.4) is 0 Å². The SMILES string of the molecule is CCN(CC)CCN1C(=O)C(=O)/C(=C(/O)c2ccc(OCc3cccc(C)c3)cc2)C1c1cccs1. The maximum absolute atomic E-state index is 13.1. The number of hydrogen-bond acceptors (Lipinski definition) is 6. The van der Waals surface area contributed by atoms with Crippen molar-refractivity contribution in [1.29, 1.82) is 0 Å². The molecule has 2 aromatic carbocycles. The number of carbonyl (C=O) groups is 2. The Morgan fingerprint density at radius 1 is 1.06 bits per heavy atom. The van der Waals surface area contributed by atoms with Gasteiger partial charge in [-0.15, -0.1) is 11.3 Å². The number of aliphatic hydroxyl groups is 1. The summed E-state index contributed by atoms with van der Waals surface area (Å²) >= 11 is 1.47. The number of benzene rings is 2. The van der Waals surface area contributed by atoms with Gasteiger partial charge in [0.1, 0.15) is 18.1 Å². The number of nitrogens with zero attached hydrogens (tertiary/aromatic N) is 2. The lowest BCUT2D eigenvalue weighted by Gasteiger charge is -2.27. The first-order valence-corrected chi connectivity index (χ1v) is 13.1. The molecule has 1 saturated heterocycles. The van der Waals surface area contributed by atoms with Gasteiger partial charge in [0.15, 0.2) is 0 Å². The summed E-state index contributed by atoms with van der Waals surface area (Å²) < 4.78 is 5.89. The lowest BCUT2D eigenvalue weighted by molar-refractivity contribution is -0.140. The molecule has 0 saturated carbocycles. The summed E-state index contributed by atoms with van der Waals surface area (Å²) in [6.07, 6.45) is 0. The largest absolute Gasteiger partial charge is 0.507 e. The normalized spacial score (nSPS) is 17.2. The summed E-state index contributed by atoms with van der Waals surface area (Å²) in [7, 11) is 0. The number of Topliss-reactive ketones (excluding diaryl/α,β-unsaturated/α-hetero) is 1. The van der Waals surface area contributed by atoms with Crippen LogP contribution in [0.2, 0.25) is 0 Å². The Kier molecular flexibility index (Phi) is 8.23. The van der Waals surface area contributed by atoms with Crippen molar-refractivity contribution in [2.45, 2.75) is 33.4 Å². The van der Waals surface area contributed by atoms with Gasteiger partial charge in [-0.3, -0.25) is 9.59 Å². The lowest BCUT2D eigenvalue weighted by Crippen LogP contribution is -2.37. The third kappa shape index (κ3) is 5.53. The standard InChI is InChI=1S/C29H32N2O4S/c1-4-30(5-2)15-16-31-26(24-10-7-17-36-24)25(28(33)29(31)34)27(32)22-11-13-23(14-12-22)35-19-21-9-6-8-20(3)18-21/h6-14,17-18,26,32H,4-5,15-16,19H2,1-3H3/b27-25+. The topological polar surface area (TPSA) is 70.1 Å². The van der Waals surface area contributed by atoms with Gasteiger partial charge in [0.2, 0.25) is 0 Å². The number of likely N-dealkylation sites (N-methyl/N-ethyl adjacent to an activating group) is 1. The maximum atomic E-state index is 13.1. The van der Waals surface area contributed by atoms with Crippen molar-refractivity contribution in [1.82, 2.24) is 9.80 Å². The highest BCUT2D eigenvalue weighted by atomic mass is 32.1. The van der Waals surface area contributed by atoms with Gasteiger partial charge in [-0.1, -0.05) is 49.7 Å². The van der Waals surface area contributed by atoms with Crippen molar-refractivity contribution < 1.29 is 19.4 Å². The molecule has 1 aliphatic rings. The molecule has 7 heteroatoms. The van der Waals surface area contributed by atoms with Crippen LogP contribution >= 0.6 is 11.3 Å². The number of aliphatic hydroxyl groups excluding tert-OH is 1. The van der Waals surface area contributed by atoms with E-state index in [1.165, 1.54) is 16.9 Å². The van der Waals surface area contributed by atoms with Crippen LogP contribution in [0.4, 0.5) is 0 Å². The predicted molar refractivity (Wildman–Crippen MR) is 143 cm³/mol. The summed E-state index contributed by atoms with van der Waals surface area (Å²) in [6, 6.07) is 18.3. The molecule has 2 heterocycles. The second kappa shape index (κ2) is 11.5. The number of amides is 1. The van der Waals surface area contributed by atoms with Gasteiger partial charge in [0.05, 0.1) is 11.6 Å². The van der Waals surface area contributed by atoms with Gasteiger partial charge in [-0.25, -0.2) is 0 Å². The zero-order chi connectivity index (χ0) is 25.7. The molecule has 1 unspecified atom stereocenters. The van der Waals surface area contributed by atoms with Gasteiger partial charge >= 0.3 is 0 Å². The Morgan fingerprint density at radius 2 is 1.81 bits per heavy atom. The first-order valence-electron chi connectivity index (χ1n) is 12.3. The van der Waals surface area contributed by atoms with E-state index in [4.69, 9.17) is 4.74 Å². The summed E-state index contributed by atoms with van der Waals surface area (Å²) in [4.78, 5) is 30.8. The first kappa shape index (κ1) is 25.7. The zero-order valence-electron chi connectivity index (χ0n) is 20.9. The van der Waals surface area contributed by atoms with E-state index in [1.807, 2.05) is 42.6 Å². The molecule has 0 bridgehead atoms. The first-order chi connectivity index (χ1) is 17.4. The molecule has 1 amide bonds. The fraction of sp³-hybridized carbons (Fsp3) is 0.310. The summed E-state index contributed by atoms with van der Waals surface area (Å²) in [5, 5.41) is 13.1. The maximum Gasteiger partial charge on any atom is 0.295 e. The van der Waals surface area contributed by atoms with Gasteiger partial charge in [-0.2, -0.15) is 0 Å². The quantitative estimate of drug-likeness (QED) is 0.227. The molecule has 4 rings (SSSR count). The van der Waals surface area contributed by atoms with Crippen molar-refractivity contribution in [2.75, 3.05) is 26.2 Å². The molecule has 1 aliphatic heterocycles. The Labute approximate surface area is 216 Å². The molecular formula is C29H32N2O4S. The fourth-order valence-electron chi connectivity index (χ4n) is 4.48. The Bertz CT molecular complexity index is 1230. The molecule has 1 N–H and O–H groups in total. The number of carbonyl (C=O) groups excluding carboxylic acids is 2. The third-order valence-corrected chi connectivity index (χ3v) is 7.44. The van der Waals surface area contributed by atoms with Crippen molar-refractivity contribution in [2.24, 2.45) is 0 Å². The van der Waals surface area contributed by atoms with Crippen LogP contribution in [-0.4, -0.2) is 52.8 Å². The highest BCUT2D eigenvalue weighted by Gasteiger charge is 2.46. The van der Waals surface area contributed by atoms with E-state index >= 15 is 0 Å². The molecule has 0 aliphatic carbocycles. The van der Waals surface area contributed by atoms with Crippen LogP contribution in [0.15, 0.2) is 71.6 Å². The molecule has 1 fully saturated rings. The van der Waals surface area contributed by atoms with Crippen LogP contribution in [0.1, 0.15) is 41.5 Å². The van der Waals surface area contributed by atoms with Crippen molar-refractivity contribution in [3.8, 4) is 5.75 Å². The summed E-state index contributed by atoms with van der Waals surface area (Å²) in [5.74, 6) is -0.727. The molecular weight excluding hydrogens is 472 g/mol. The van der Waals surface area contributed by atoms with Gasteiger partial charge in [0.25, 0.3) is 11.7 Å². The van der Waals surface area contributed by atoms with E-state index in [2.05, 4.69) is 24.8 Å². The van der Waals surface area contributed by atoms with E-state index in [9.17, 15) is 14.7 Å². The minimum atomic E-state index is -0.648. The number of thiophene rings is 1. The molecule has 0 radical (unpaired) electrons. The molecule has 36 heavy (non-hydrogen) atoms. The number of hydrogen-bond donors (Lipinski definition) is 1. The van der Waals surface area contributed by atoms with E-state index in [-0.39, 0.29) is 11.3 Å². The summed E-state index contributed by atoms with van der Waals surface area (Å²) in [6.45, 7) is 9.42. The van der Waals surface area contributed by atoms with Crippen LogP contribution in [0, 0.1) is 6.92 Å². The number of ether oxygens (including phenoxy) is 1. The lowest BCUT2D eigenvalue weighted by atomic mass is 10.00. The molecule has 1 atom stereocenters. The fourth-order valence-corrected chi connectivity index (χ4v) is 5.32. The molecule has 3 aromatic rings. The monoisotopic (exact) mass is 504 g/mol. The highest BCUT2D eigenvalue weighted by molar-refractivity contribution is 7.10. The van der Waals surface area contributed by atoms with E-state index in [1.54, 1.807) is 29.2 Å². The minimum Gasteiger partial charge on any atom is -0.507 e. The number of likely N-dealkylation sites (tertiary alicyclic amines) is 1. The predicted octanol–water partition coefficient (Wildman–Crippen LogP) is 5.40. The average molecular weight is 505 g/mol. The van der Waals surface area contributed by atoms with Gasteiger partial charge in [-0.05, 0) is 61.3 Å². The van der Waals surface area contributed by atoms with E-state index in [0.29, 0.717) is 31.0 Å². The van der Waals surface area contributed by atoms with E-state index in [0.717, 1.165) is 23.5 Å². The van der Waals surface area contributed by atoms with Crippen LogP contribution < -0.4 is 4.74 Å². The Balaban J connectivity index is 1.59.